The Morgan fingerprint density at radius 2 is 1.90 bits per heavy atom. The average molecular weight is 441 g/mol. The first kappa shape index (κ1) is 20.2. The van der Waals surface area contributed by atoms with Crippen LogP contribution in [0.1, 0.15) is 32.0 Å². The number of carbonyl (C=O) groups excluding carboxylic acids is 2. The number of carbonyl (C=O) groups is 2. The lowest BCUT2D eigenvalue weighted by Gasteiger charge is -2.25. The number of hydrogen-bond acceptors (Lipinski definition) is 8. The van der Waals surface area contributed by atoms with E-state index >= 15 is 0 Å². The zero-order valence-corrected chi connectivity index (χ0v) is 18.5. The van der Waals surface area contributed by atoms with Gasteiger partial charge in [-0.15, -0.1) is 22.7 Å². The molecule has 7 nitrogen and oxygen atoms in total. The first-order valence-electron chi connectivity index (χ1n) is 9.21. The number of nitrogens with zero attached hydrogens (tertiary/aromatic N) is 4. The van der Waals surface area contributed by atoms with E-state index in [2.05, 4.69) is 9.97 Å². The first-order chi connectivity index (χ1) is 14.3. The van der Waals surface area contributed by atoms with E-state index in [1.807, 2.05) is 50.2 Å². The minimum Gasteiger partial charge on any atom is -0.503 e. The molecule has 3 heterocycles. The van der Waals surface area contributed by atoms with Crippen molar-refractivity contribution in [3.8, 4) is 0 Å². The van der Waals surface area contributed by atoms with Crippen LogP contribution in [-0.2, 0) is 4.79 Å². The maximum atomic E-state index is 13.5. The van der Waals surface area contributed by atoms with E-state index in [-0.39, 0.29) is 11.4 Å². The lowest BCUT2D eigenvalue weighted by atomic mass is 9.95. The minimum absolute atomic E-state index is 0.0551. The lowest BCUT2D eigenvalue weighted by Crippen LogP contribution is -2.31. The molecule has 1 aliphatic heterocycles. The molecule has 1 N–H and O–H groups in total. The number of benzene rings is 1. The van der Waals surface area contributed by atoms with Gasteiger partial charge in [-0.05, 0) is 31.5 Å². The fourth-order valence-corrected chi connectivity index (χ4v) is 5.04. The zero-order chi connectivity index (χ0) is 21.6. The van der Waals surface area contributed by atoms with Crippen LogP contribution in [0.5, 0.6) is 0 Å². The molecule has 4 rings (SSSR count). The van der Waals surface area contributed by atoms with E-state index in [0.717, 1.165) is 16.3 Å². The van der Waals surface area contributed by atoms with Crippen molar-refractivity contribution in [1.82, 2.24) is 9.97 Å². The minimum atomic E-state index is -0.769. The van der Waals surface area contributed by atoms with E-state index in [9.17, 15) is 14.7 Å². The highest BCUT2D eigenvalue weighted by Gasteiger charge is 2.46. The normalized spacial score (nSPS) is 16.5. The van der Waals surface area contributed by atoms with Crippen LogP contribution in [0, 0.1) is 13.8 Å². The number of thiazole rings is 2. The van der Waals surface area contributed by atoms with Gasteiger partial charge in [0.2, 0.25) is 5.78 Å². The maximum absolute atomic E-state index is 13.5. The molecule has 0 saturated heterocycles. The van der Waals surface area contributed by atoms with Gasteiger partial charge < -0.3 is 10.0 Å². The fraction of sp³-hybridized carbons (Fsp3) is 0.238. The Morgan fingerprint density at radius 3 is 2.43 bits per heavy atom. The van der Waals surface area contributed by atoms with Crippen LogP contribution >= 0.6 is 22.7 Å². The molecule has 1 aliphatic rings. The van der Waals surface area contributed by atoms with E-state index in [0.29, 0.717) is 15.7 Å². The van der Waals surface area contributed by atoms with Gasteiger partial charge in [-0.1, -0.05) is 12.1 Å². The average Bonchev–Trinajstić information content (AvgIpc) is 3.41. The number of Topliss-reactive ketones (excluding diaryl/α,β-unsaturated/α-hetero) is 1. The third kappa shape index (κ3) is 3.29. The predicted octanol–water partition coefficient (Wildman–Crippen LogP) is 4.07. The number of aliphatic hydroxyl groups is 1. The number of aliphatic hydroxyl groups excluding tert-OH is 1. The third-order valence-corrected chi connectivity index (χ3v) is 6.76. The fourth-order valence-electron chi connectivity index (χ4n) is 3.50. The van der Waals surface area contributed by atoms with Gasteiger partial charge in [0.05, 0.1) is 27.2 Å². The molecule has 0 fully saturated rings. The number of amides is 1. The smallest absolute Gasteiger partial charge is 0.296 e. The first-order valence-corrected chi connectivity index (χ1v) is 10.9. The second-order valence-electron chi connectivity index (χ2n) is 7.12. The summed E-state index contributed by atoms with van der Waals surface area (Å²) >= 11 is 2.54. The third-order valence-electron chi connectivity index (χ3n) is 4.91. The van der Waals surface area contributed by atoms with Crippen molar-refractivity contribution >= 4 is 45.2 Å². The molecule has 1 amide bonds. The number of anilines is 2. The summed E-state index contributed by atoms with van der Waals surface area (Å²) in [6.07, 6.45) is 1.59. The summed E-state index contributed by atoms with van der Waals surface area (Å²) in [5, 5.41) is 13.7. The molecule has 3 aromatic rings. The quantitative estimate of drug-likeness (QED) is 0.602. The number of ketones is 1. The van der Waals surface area contributed by atoms with Crippen LogP contribution in [0.3, 0.4) is 0 Å². The van der Waals surface area contributed by atoms with E-state index in [4.69, 9.17) is 0 Å². The van der Waals surface area contributed by atoms with Crippen molar-refractivity contribution in [3.05, 3.63) is 68.3 Å². The van der Waals surface area contributed by atoms with Gasteiger partial charge in [0.15, 0.2) is 10.9 Å². The SMILES string of the molecule is Cc1nc(C)c(C(=O)C2=C(O)C(=O)N(c3nccs3)C2c2ccc(N(C)C)cc2)s1. The topological polar surface area (TPSA) is 86.6 Å². The molecule has 0 aliphatic carbocycles. The molecule has 1 atom stereocenters. The van der Waals surface area contributed by atoms with Crippen molar-refractivity contribution in [2.45, 2.75) is 19.9 Å². The van der Waals surface area contributed by atoms with Gasteiger partial charge in [-0.2, -0.15) is 0 Å². The van der Waals surface area contributed by atoms with Gasteiger partial charge in [-0.25, -0.2) is 9.97 Å². The summed E-state index contributed by atoms with van der Waals surface area (Å²) in [6, 6.07) is 6.79. The summed E-state index contributed by atoms with van der Waals surface area (Å²) < 4.78 is 0. The Labute approximate surface area is 181 Å². The predicted molar refractivity (Wildman–Crippen MR) is 119 cm³/mol. The van der Waals surface area contributed by atoms with Crippen LogP contribution in [0.2, 0.25) is 0 Å². The Bertz CT molecular complexity index is 1150. The molecule has 0 radical (unpaired) electrons. The Morgan fingerprint density at radius 1 is 1.20 bits per heavy atom. The maximum Gasteiger partial charge on any atom is 0.296 e. The summed E-state index contributed by atoms with van der Waals surface area (Å²) in [7, 11) is 3.87. The number of aryl methyl sites for hydroxylation is 2. The van der Waals surface area contributed by atoms with Crippen LogP contribution in [0.15, 0.2) is 47.2 Å². The monoisotopic (exact) mass is 440 g/mol. The lowest BCUT2D eigenvalue weighted by molar-refractivity contribution is -0.117. The summed E-state index contributed by atoms with van der Waals surface area (Å²) in [4.78, 5) is 38.8. The van der Waals surface area contributed by atoms with Crippen molar-refractivity contribution in [1.29, 1.82) is 0 Å². The van der Waals surface area contributed by atoms with Gasteiger partial charge in [0.25, 0.3) is 5.91 Å². The number of rotatable bonds is 5. The molecule has 0 spiro atoms. The second kappa shape index (κ2) is 7.66. The van der Waals surface area contributed by atoms with Crippen LogP contribution < -0.4 is 9.80 Å². The van der Waals surface area contributed by atoms with E-state index in [1.54, 1.807) is 18.5 Å². The molecular weight excluding hydrogens is 420 g/mol. The van der Waals surface area contributed by atoms with Crippen LogP contribution in [-0.4, -0.2) is 40.9 Å². The van der Waals surface area contributed by atoms with Crippen molar-refractivity contribution in [3.63, 3.8) is 0 Å². The number of aromatic nitrogens is 2. The summed E-state index contributed by atoms with van der Waals surface area (Å²) in [5.74, 6) is -1.55. The van der Waals surface area contributed by atoms with Gasteiger partial charge in [0.1, 0.15) is 0 Å². The zero-order valence-electron chi connectivity index (χ0n) is 16.9. The molecule has 30 heavy (non-hydrogen) atoms. The van der Waals surface area contributed by atoms with Crippen molar-refractivity contribution < 1.29 is 14.7 Å². The Hall–Kier alpha value is -3.04. The summed E-state index contributed by atoms with van der Waals surface area (Å²) in [6.45, 7) is 3.58. The van der Waals surface area contributed by atoms with Gasteiger partial charge in [-0.3, -0.25) is 14.5 Å². The molecule has 1 aromatic carbocycles. The van der Waals surface area contributed by atoms with E-state index in [1.165, 1.54) is 27.6 Å². The molecule has 154 valence electrons. The highest BCUT2D eigenvalue weighted by atomic mass is 32.1. The Balaban J connectivity index is 1.86. The molecule has 0 saturated carbocycles. The Kier molecular flexibility index (Phi) is 5.17. The van der Waals surface area contributed by atoms with Crippen LogP contribution in [0.25, 0.3) is 0 Å². The second-order valence-corrected chi connectivity index (χ2v) is 9.19. The largest absolute Gasteiger partial charge is 0.503 e. The molecule has 9 heteroatoms. The molecule has 1 unspecified atom stereocenters. The molecule has 2 aromatic heterocycles. The van der Waals surface area contributed by atoms with Gasteiger partial charge in [0, 0.05) is 31.4 Å². The molecular formula is C21H20N4O3S2. The van der Waals surface area contributed by atoms with Crippen molar-refractivity contribution in [2.75, 3.05) is 23.9 Å². The van der Waals surface area contributed by atoms with Crippen LogP contribution in [0.4, 0.5) is 10.8 Å². The van der Waals surface area contributed by atoms with Crippen molar-refractivity contribution in [2.24, 2.45) is 0 Å². The van der Waals surface area contributed by atoms with Gasteiger partial charge >= 0.3 is 0 Å². The highest BCUT2D eigenvalue weighted by Crippen LogP contribution is 2.43. The van der Waals surface area contributed by atoms with E-state index < -0.39 is 17.7 Å². The summed E-state index contributed by atoms with van der Waals surface area (Å²) in [5.41, 5.74) is 2.35. The highest BCUT2D eigenvalue weighted by molar-refractivity contribution is 7.14. The number of hydrogen-bond donors (Lipinski definition) is 1. The molecule has 0 bridgehead atoms. The standard InChI is InChI=1S/C21H20N4O3S2/c1-11-19(30-12(2)23-11)17(26)15-16(13-5-7-14(8-6-13)24(3)4)25(20(28)18(15)27)21-22-9-10-29-21/h5-10,16,27H,1-4H3.